The van der Waals surface area contributed by atoms with Crippen LogP contribution in [-0.4, -0.2) is 39.7 Å². The van der Waals surface area contributed by atoms with E-state index in [2.05, 4.69) is 9.88 Å². The van der Waals surface area contributed by atoms with Gasteiger partial charge in [-0.25, -0.2) is 0 Å². The molecule has 0 bridgehead atoms. The van der Waals surface area contributed by atoms with Crippen LogP contribution in [0, 0.1) is 20.8 Å². The average molecular weight is 524 g/mol. The Morgan fingerprint density at radius 1 is 1.11 bits per heavy atom. The van der Waals surface area contributed by atoms with Crippen LogP contribution >= 0.6 is 23.4 Å². The summed E-state index contributed by atoms with van der Waals surface area (Å²) in [5.41, 5.74) is 5.16. The zero-order valence-electron chi connectivity index (χ0n) is 20.4. The Labute approximate surface area is 219 Å². The molecular weight excluding hydrogens is 498 g/mol. The predicted molar refractivity (Wildman–Crippen MR) is 144 cm³/mol. The highest BCUT2D eigenvalue weighted by atomic mass is 35.5. The highest BCUT2D eigenvalue weighted by Crippen LogP contribution is 2.34. The lowest BCUT2D eigenvalue weighted by Gasteiger charge is -2.14. The monoisotopic (exact) mass is 523 g/mol. The number of nitrogens with zero attached hydrogens (tertiary/aromatic N) is 2. The lowest BCUT2D eigenvalue weighted by molar-refractivity contribution is -0.127. The van der Waals surface area contributed by atoms with Gasteiger partial charge in [0.1, 0.15) is 12.3 Å². The molecule has 1 N–H and O–H groups in total. The topological polar surface area (TPSA) is 80.6 Å². The van der Waals surface area contributed by atoms with Crippen LogP contribution in [0.15, 0.2) is 53.4 Å². The van der Waals surface area contributed by atoms with Crippen molar-refractivity contribution in [3.63, 3.8) is 0 Å². The first-order chi connectivity index (χ1) is 17.2. The summed E-state index contributed by atoms with van der Waals surface area (Å²) in [6, 6.07) is 14.6. The summed E-state index contributed by atoms with van der Waals surface area (Å²) in [5.74, 6) is -0.260. The van der Waals surface area contributed by atoms with Crippen molar-refractivity contribution in [2.75, 3.05) is 18.5 Å². The minimum Gasteiger partial charge on any atom is -0.494 e. The number of hydrogen-bond acceptors (Lipinski definition) is 5. The first kappa shape index (κ1) is 25.6. The normalized spacial score (nSPS) is 14.6. The molecule has 0 spiro atoms. The highest BCUT2D eigenvalue weighted by Gasteiger charge is 2.36. The van der Waals surface area contributed by atoms with E-state index in [9.17, 15) is 14.4 Å². The average Bonchev–Trinajstić information content (AvgIpc) is 3.26. The number of rotatable bonds is 7. The molecule has 3 aromatic rings. The maximum Gasteiger partial charge on any atom is 0.294 e. The second-order valence-electron chi connectivity index (χ2n) is 8.32. The van der Waals surface area contributed by atoms with E-state index in [0.717, 1.165) is 44.9 Å². The molecule has 1 aromatic heterocycles. The number of benzene rings is 2. The molecule has 2 aromatic carbocycles. The Hall–Kier alpha value is -3.49. The number of anilines is 1. The minimum absolute atomic E-state index is 0.275. The maximum absolute atomic E-state index is 13.0. The van der Waals surface area contributed by atoms with Crippen molar-refractivity contribution < 1.29 is 19.1 Å². The number of ether oxygens (including phenoxy) is 1. The van der Waals surface area contributed by atoms with Gasteiger partial charge < -0.3 is 14.6 Å². The Bertz CT molecular complexity index is 1380. The molecule has 9 heteroatoms. The van der Waals surface area contributed by atoms with Crippen molar-refractivity contribution in [2.24, 2.45) is 0 Å². The lowest BCUT2D eigenvalue weighted by Crippen LogP contribution is -2.36. The molecule has 1 aliphatic rings. The van der Waals surface area contributed by atoms with Crippen LogP contribution in [0.3, 0.4) is 0 Å². The third kappa shape index (κ3) is 5.20. The zero-order chi connectivity index (χ0) is 26.0. The summed E-state index contributed by atoms with van der Waals surface area (Å²) in [7, 11) is 0. The van der Waals surface area contributed by atoms with Gasteiger partial charge in [-0.05, 0) is 99.1 Å². The van der Waals surface area contributed by atoms with Crippen LogP contribution in [0.5, 0.6) is 5.75 Å². The molecule has 0 saturated carbocycles. The van der Waals surface area contributed by atoms with Gasteiger partial charge in [-0.15, -0.1) is 0 Å². The molecule has 1 saturated heterocycles. The largest absolute Gasteiger partial charge is 0.494 e. The van der Waals surface area contributed by atoms with Crippen LogP contribution in [0.2, 0.25) is 5.02 Å². The standard InChI is InChI=1S/C27H26ClN3O4S/c1-5-35-21-11-9-20(10-12-21)29-25(32)15-30-26(33)24(36-27(30)34)14-19-13-16(2)31(18(19)4)23-8-6-7-22(28)17(23)3/h6-14H,5,15H2,1-4H3,(H,29,32)/b24-14+. The molecule has 0 unspecified atom stereocenters. The van der Waals surface area contributed by atoms with Gasteiger partial charge in [0.05, 0.1) is 11.5 Å². The Balaban J connectivity index is 1.50. The van der Waals surface area contributed by atoms with Gasteiger partial charge >= 0.3 is 0 Å². The summed E-state index contributed by atoms with van der Waals surface area (Å²) in [6.45, 7) is 7.95. The van der Waals surface area contributed by atoms with Gasteiger partial charge in [-0.2, -0.15) is 0 Å². The summed E-state index contributed by atoms with van der Waals surface area (Å²) >= 11 is 7.15. The van der Waals surface area contributed by atoms with Gasteiger partial charge in [0.25, 0.3) is 11.1 Å². The Morgan fingerprint density at radius 3 is 2.53 bits per heavy atom. The number of imide groups is 1. The first-order valence-corrected chi connectivity index (χ1v) is 12.6. The number of carbonyl (C=O) groups is 3. The van der Waals surface area contributed by atoms with E-state index >= 15 is 0 Å². The quantitative estimate of drug-likeness (QED) is 0.377. The molecular formula is C27H26ClN3O4S. The molecule has 0 aliphatic carbocycles. The Morgan fingerprint density at radius 2 is 1.83 bits per heavy atom. The second-order valence-corrected chi connectivity index (χ2v) is 9.72. The van der Waals surface area contributed by atoms with E-state index in [1.165, 1.54) is 0 Å². The molecule has 2 heterocycles. The smallest absolute Gasteiger partial charge is 0.294 e. The second kappa shape index (κ2) is 10.6. The fourth-order valence-corrected chi connectivity index (χ4v) is 5.06. The highest BCUT2D eigenvalue weighted by molar-refractivity contribution is 8.18. The minimum atomic E-state index is -0.490. The van der Waals surface area contributed by atoms with Crippen LogP contribution < -0.4 is 10.1 Å². The number of nitrogens with one attached hydrogen (secondary N) is 1. The van der Waals surface area contributed by atoms with E-state index in [-0.39, 0.29) is 11.4 Å². The molecule has 1 fully saturated rings. The predicted octanol–water partition coefficient (Wildman–Crippen LogP) is 6.13. The summed E-state index contributed by atoms with van der Waals surface area (Å²) in [6.07, 6.45) is 1.70. The molecule has 3 amide bonds. The number of aryl methyl sites for hydroxylation is 1. The molecule has 0 radical (unpaired) electrons. The van der Waals surface area contributed by atoms with Crippen molar-refractivity contribution >= 4 is 52.2 Å². The molecule has 1 aliphatic heterocycles. The van der Waals surface area contributed by atoms with Gasteiger partial charge in [-0.1, -0.05) is 17.7 Å². The molecule has 7 nitrogen and oxygen atoms in total. The van der Waals surface area contributed by atoms with Crippen molar-refractivity contribution in [2.45, 2.75) is 27.7 Å². The third-order valence-electron chi connectivity index (χ3n) is 5.86. The number of hydrogen-bond donors (Lipinski definition) is 1. The number of thioether (sulfide) groups is 1. The summed E-state index contributed by atoms with van der Waals surface area (Å²) < 4.78 is 7.46. The van der Waals surface area contributed by atoms with Crippen LogP contribution in [-0.2, 0) is 9.59 Å². The van der Waals surface area contributed by atoms with E-state index in [1.54, 1.807) is 30.3 Å². The van der Waals surface area contributed by atoms with Crippen LogP contribution in [0.1, 0.15) is 29.4 Å². The Kier molecular flexibility index (Phi) is 7.56. The fourth-order valence-electron chi connectivity index (χ4n) is 4.07. The van der Waals surface area contributed by atoms with Crippen molar-refractivity contribution in [3.05, 3.63) is 81.0 Å². The maximum atomic E-state index is 13.0. The summed E-state index contributed by atoms with van der Waals surface area (Å²) in [4.78, 5) is 39.3. The summed E-state index contributed by atoms with van der Waals surface area (Å²) in [5, 5.41) is 2.90. The van der Waals surface area contributed by atoms with Crippen molar-refractivity contribution in [3.8, 4) is 11.4 Å². The van der Waals surface area contributed by atoms with E-state index in [4.69, 9.17) is 16.3 Å². The van der Waals surface area contributed by atoms with E-state index < -0.39 is 17.1 Å². The molecule has 36 heavy (non-hydrogen) atoms. The zero-order valence-corrected chi connectivity index (χ0v) is 22.0. The van der Waals surface area contributed by atoms with Crippen molar-refractivity contribution in [1.82, 2.24) is 9.47 Å². The third-order valence-corrected chi connectivity index (χ3v) is 7.18. The number of amides is 3. The molecule has 186 valence electrons. The molecule has 4 rings (SSSR count). The van der Waals surface area contributed by atoms with E-state index in [0.29, 0.717) is 23.1 Å². The SMILES string of the molecule is CCOc1ccc(NC(=O)CN2C(=O)S/C(=C/c3cc(C)n(-c4cccc(Cl)c4C)c3C)C2=O)cc1. The lowest BCUT2D eigenvalue weighted by atomic mass is 10.2. The van der Waals surface area contributed by atoms with Gasteiger partial charge in [0.2, 0.25) is 5.91 Å². The fraction of sp³-hybridized carbons (Fsp3) is 0.222. The number of halogens is 1. The van der Waals surface area contributed by atoms with Crippen LogP contribution in [0.4, 0.5) is 10.5 Å². The molecule has 0 atom stereocenters. The first-order valence-electron chi connectivity index (χ1n) is 11.4. The van der Waals surface area contributed by atoms with Crippen LogP contribution in [0.25, 0.3) is 11.8 Å². The van der Waals surface area contributed by atoms with Crippen molar-refractivity contribution in [1.29, 1.82) is 0 Å². The number of aromatic nitrogens is 1. The van der Waals surface area contributed by atoms with E-state index in [1.807, 2.05) is 52.0 Å². The van der Waals surface area contributed by atoms with Gasteiger partial charge in [0.15, 0.2) is 0 Å². The van der Waals surface area contributed by atoms with Gasteiger partial charge in [-0.3, -0.25) is 19.3 Å². The van der Waals surface area contributed by atoms with Gasteiger partial charge in [0, 0.05) is 27.8 Å². The number of carbonyl (C=O) groups excluding carboxylic acids is 3.